The van der Waals surface area contributed by atoms with E-state index >= 15 is 0 Å². The van der Waals surface area contributed by atoms with Crippen LogP contribution in [-0.2, 0) is 24.3 Å². The van der Waals surface area contributed by atoms with Crippen LogP contribution in [0.4, 0.5) is 0 Å². The fraction of sp³-hybridized carbons (Fsp3) is 0.381. The van der Waals surface area contributed by atoms with Crippen LogP contribution in [0.2, 0.25) is 0 Å². The van der Waals surface area contributed by atoms with E-state index < -0.39 is 0 Å². The van der Waals surface area contributed by atoms with Gasteiger partial charge in [0.05, 0.1) is 0 Å². The lowest BCUT2D eigenvalue weighted by Crippen LogP contribution is -2.25. The van der Waals surface area contributed by atoms with Crippen LogP contribution in [0, 0.1) is 0 Å². The van der Waals surface area contributed by atoms with Crippen molar-refractivity contribution in [2.45, 2.75) is 38.8 Å². The SMILES string of the molecule is O=C(CCc1ccccc1O)NCc1ccccc1CN1CCCC1. The van der Waals surface area contributed by atoms with Crippen molar-refractivity contribution in [2.75, 3.05) is 13.1 Å². The molecule has 0 atom stereocenters. The normalized spacial score (nSPS) is 14.6. The summed E-state index contributed by atoms with van der Waals surface area (Å²) in [5.74, 6) is 0.269. The highest BCUT2D eigenvalue weighted by molar-refractivity contribution is 5.76. The van der Waals surface area contributed by atoms with Gasteiger partial charge in [-0.1, -0.05) is 42.5 Å². The molecule has 1 amide bonds. The zero-order valence-corrected chi connectivity index (χ0v) is 14.6. The molecular formula is C21H26N2O2. The molecule has 4 nitrogen and oxygen atoms in total. The molecule has 2 aromatic rings. The number of aryl methyl sites for hydroxylation is 1. The van der Waals surface area contributed by atoms with Crippen molar-refractivity contribution in [3.8, 4) is 5.75 Å². The molecule has 2 N–H and O–H groups in total. The highest BCUT2D eigenvalue weighted by atomic mass is 16.3. The summed E-state index contributed by atoms with van der Waals surface area (Å²) >= 11 is 0. The van der Waals surface area contributed by atoms with Gasteiger partial charge in [0.1, 0.15) is 5.75 Å². The molecule has 1 saturated heterocycles. The van der Waals surface area contributed by atoms with E-state index in [2.05, 4.69) is 28.4 Å². The molecule has 0 radical (unpaired) electrons. The first-order valence-electron chi connectivity index (χ1n) is 9.05. The molecule has 2 aromatic carbocycles. The number of nitrogens with zero attached hydrogens (tertiary/aromatic N) is 1. The van der Waals surface area contributed by atoms with Gasteiger partial charge in [0.2, 0.25) is 5.91 Å². The molecular weight excluding hydrogens is 312 g/mol. The Balaban J connectivity index is 1.51. The van der Waals surface area contributed by atoms with Gasteiger partial charge in [0.15, 0.2) is 0 Å². The number of rotatable bonds is 7. The molecule has 132 valence electrons. The number of aromatic hydroxyl groups is 1. The first-order valence-corrected chi connectivity index (χ1v) is 9.05. The van der Waals surface area contributed by atoms with Gasteiger partial charge in [-0.25, -0.2) is 0 Å². The van der Waals surface area contributed by atoms with Crippen LogP contribution >= 0.6 is 0 Å². The van der Waals surface area contributed by atoms with E-state index in [1.165, 1.54) is 37.1 Å². The summed E-state index contributed by atoms with van der Waals surface area (Å²) in [7, 11) is 0. The largest absolute Gasteiger partial charge is 0.508 e. The quantitative estimate of drug-likeness (QED) is 0.815. The summed E-state index contributed by atoms with van der Waals surface area (Å²) in [6.45, 7) is 3.86. The minimum absolute atomic E-state index is 0.0132. The molecule has 4 heteroatoms. The van der Waals surface area contributed by atoms with E-state index in [-0.39, 0.29) is 11.7 Å². The Morgan fingerprint density at radius 2 is 1.60 bits per heavy atom. The third kappa shape index (κ3) is 5.07. The monoisotopic (exact) mass is 338 g/mol. The summed E-state index contributed by atoms with van der Waals surface area (Å²) < 4.78 is 0. The summed E-state index contributed by atoms with van der Waals surface area (Å²) in [5, 5.41) is 12.8. The number of nitrogens with one attached hydrogen (secondary N) is 1. The number of hydrogen-bond donors (Lipinski definition) is 2. The number of carbonyl (C=O) groups is 1. The van der Waals surface area contributed by atoms with Crippen LogP contribution in [0.25, 0.3) is 0 Å². The van der Waals surface area contributed by atoms with Gasteiger partial charge < -0.3 is 10.4 Å². The summed E-state index contributed by atoms with van der Waals surface area (Å²) in [6, 6.07) is 15.5. The molecule has 0 spiro atoms. The van der Waals surface area contributed by atoms with Crippen LogP contribution in [0.1, 0.15) is 36.0 Å². The Bertz CT molecular complexity index is 709. The number of para-hydroxylation sites is 1. The van der Waals surface area contributed by atoms with Crippen molar-refractivity contribution >= 4 is 5.91 Å². The molecule has 1 aliphatic rings. The molecule has 0 unspecified atom stereocenters. The van der Waals surface area contributed by atoms with Crippen LogP contribution in [0.15, 0.2) is 48.5 Å². The minimum Gasteiger partial charge on any atom is -0.508 e. The molecule has 3 rings (SSSR count). The molecule has 1 fully saturated rings. The van der Waals surface area contributed by atoms with Crippen LogP contribution in [-0.4, -0.2) is 29.0 Å². The van der Waals surface area contributed by atoms with Gasteiger partial charge in [0.25, 0.3) is 0 Å². The van der Waals surface area contributed by atoms with Crippen molar-refractivity contribution in [1.82, 2.24) is 10.2 Å². The molecule has 25 heavy (non-hydrogen) atoms. The molecule has 1 heterocycles. The number of likely N-dealkylation sites (tertiary alicyclic amines) is 1. The Hall–Kier alpha value is -2.33. The van der Waals surface area contributed by atoms with E-state index in [1.807, 2.05) is 18.2 Å². The number of hydrogen-bond acceptors (Lipinski definition) is 3. The van der Waals surface area contributed by atoms with E-state index in [9.17, 15) is 9.90 Å². The maximum absolute atomic E-state index is 12.2. The van der Waals surface area contributed by atoms with Gasteiger partial charge in [-0.05, 0) is 55.1 Å². The standard InChI is InChI=1S/C21H26N2O2/c24-20-10-4-3-7-17(20)11-12-21(25)22-15-18-8-1-2-9-19(18)16-23-13-5-6-14-23/h1-4,7-10,24H,5-6,11-16H2,(H,22,25). The predicted molar refractivity (Wildman–Crippen MR) is 99.2 cm³/mol. The Kier molecular flexibility index (Phi) is 6.07. The zero-order valence-electron chi connectivity index (χ0n) is 14.6. The lowest BCUT2D eigenvalue weighted by molar-refractivity contribution is -0.121. The van der Waals surface area contributed by atoms with E-state index in [0.29, 0.717) is 19.4 Å². The van der Waals surface area contributed by atoms with Gasteiger partial charge >= 0.3 is 0 Å². The first kappa shape index (κ1) is 17.5. The average molecular weight is 338 g/mol. The second-order valence-electron chi connectivity index (χ2n) is 6.66. The summed E-state index contributed by atoms with van der Waals surface area (Å²) in [6.07, 6.45) is 3.50. The highest BCUT2D eigenvalue weighted by Gasteiger charge is 2.14. The number of carbonyl (C=O) groups excluding carboxylic acids is 1. The Morgan fingerprint density at radius 3 is 2.32 bits per heavy atom. The Labute approximate surface area is 149 Å². The van der Waals surface area contributed by atoms with Crippen LogP contribution in [0.3, 0.4) is 0 Å². The third-order valence-corrected chi connectivity index (χ3v) is 4.80. The second kappa shape index (κ2) is 8.67. The van der Waals surface area contributed by atoms with Gasteiger partial charge in [-0.3, -0.25) is 9.69 Å². The number of benzene rings is 2. The second-order valence-corrected chi connectivity index (χ2v) is 6.66. The third-order valence-electron chi connectivity index (χ3n) is 4.80. The van der Waals surface area contributed by atoms with Crippen molar-refractivity contribution in [1.29, 1.82) is 0 Å². The fourth-order valence-corrected chi connectivity index (χ4v) is 3.32. The predicted octanol–water partition coefficient (Wildman–Crippen LogP) is 3.24. The van der Waals surface area contributed by atoms with Crippen LogP contribution in [0.5, 0.6) is 5.75 Å². The minimum atomic E-state index is 0.0132. The fourth-order valence-electron chi connectivity index (χ4n) is 3.32. The van der Waals surface area contributed by atoms with Crippen molar-refractivity contribution in [2.24, 2.45) is 0 Å². The first-order chi connectivity index (χ1) is 12.2. The summed E-state index contributed by atoms with van der Waals surface area (Å²) in [4.78, 5) is 14.6. The average Bonchev–Trinajstić information content (AvgIpc) is 3.13. The van der Waals surface area contributed by atoms with E-state index in [1.54, 1.807) is 12.1 Å². The van der Waals surface area contributed by atoms with Gasteiger partial charge in [-0.2, -0.15) is 0 Å². The lowest BCUT2D eigenvalue weighted by atomic mass is 10.1. The van der Waals surface area contributed by atoms with Gasteiger partial charge in [-0.15, -0.1) is 0 Å². The van der Waals surface area contributed by atoms with E-state index in [4.69, 9.17) is 0 Å². The zero-order chi connectivity index (χ0) is 17.5. The van der Waals surface area contributed by atoms with Crippen molar-refractivity contribution in [3.63, 3.8) is 0 Å². The number of amides is 1. The maximum Gasteiger partial charge on any atom is 0.220 e. The smallest absolute Gasteiger partial charge is 0.220 e. The maximum atomic E-state index is 12.2. The molecule has 0 bridgehead atoms. The Morgan fingerprint density at radius 1 is 0.960 bits per heavy atom. The molecule has 0 aromatic heterocycles. The molecule has 0 saturated carbocycles. The molecule has 1 aliphatic heterocycles. The van der Waals surface area contributed by atoms with E-state index in [0.717, 1.165) is 12.1 Å². The van der Waals surface area contributed by atoms with Gasteiger partial charge in [0, 0.05) is 19.5 Å². The topological polar surface area (TPSA) is 52.6 Å². The van der Waals surface area contributed by atoms with Crippen molar-refractivity contribution < 1.29 is 9.90 Å². The number of phenols is 1. The summed E-state index contributed by atoms with van der Waals surface area (Å²) in [5.41, 5.74) is 3.29. The van der Waals surface area contributed by atoms with Crippen molar-refractivity contribution in [3.05, 3.63) is 65.2 Å². The van der Waals surface area contributed by atoms with Crippen LogP contribution < -0.4 is 5.32 Å². The molecule has 0 aliphatic carbocycles. The number of phenolic OH excluding ortho intramolecular Hbond substituents is 1. The highest BCUT2D eigenvalue weighted by Crippen LogP contribution is 2.18. The lowest BCUT2D eigenvalue weighted by Gasteiger charge is -2.17.